The molecule has 3 N–H and O–H groups in total. The summed E-state index contributed by atoms with van der Waals surface area (Å²) >= 11 is 0. The number of hydrogen-bond acceptors (Lipinski definition) is 7. The van der Waals surface area contributed by atoms with Gasteiger partial charge in [0.25, 0.3) is 10.1 Å². The van der Waals surface area contributed by atoms with Gasteiger partial charge in [0.15, 0.2) is 0 Å². The number of aliphatic hydroxyl groups excluding tert-OH is 1. The van der Waals surface area contributed by atoms with E-state index < -0.39 is 80.7 Å². The molecule has 0 spiro atoms. The highest BCUT2D eigenvalue weighted by atomic mass is 32.2. The Morgan fingerprint density at radius 1 is 0.500 bits per heavy atom. The van der Waals surface area contributed by atoms with Gasteiger partial charge in [-0.2, -0.15) is 8.42 Å². The van der Waals surface area contributed by atoms with Crippen LogP contribution in [0.5, 0.6) is 0 Å². The second-order valence-electron chi connectivity index (χ2n) is 28.5. The van der Waals surface area contributed by atoms with E-state index in [4.69, 9.17) is 14.8 Å². The van der Waals surface area contributed by atoms with Gasteiger partial charge in [-0.1, -0.05) is 181 Å². The monoisotopic (exact) mass is 1090 g/mol. The van der Waals surface area contributed by atoms with Crippen LogP contribution >= 0.6 is 0 Å². The number of hydrogen-bond donors (Lipinski definition) is 3. The molecule has 1 rings (SSSR count). The molecule has 1 aromatic heterocycles. The first-order valence-corrected chi connectivity index (χ1v) is 56.5. The Balaban J connectivity index is -0.000000372. The van der Waals surface area contributed by atoms with Crippen LogP contribution in [0.4, 0.5) is 0 Å². The lowest BCUT2D eigenvalue weighted by Crippen LogP contribution is -2.52. The molecular weight excluding hydrogens is 971 g/mol. The summed E-state index contributed by atoms with van der Waals surface area (Å²) < 4.78 is 29.0. The highest BCUT2D eigenvalue weighted by Gasteiger charge is 2.27. The number of aromatic nitrogens is 1. The molecule has 9 nitrogen and oxygen atoms in total. The van der Waals surface area contributed by atoms with Gasteiger partial charge in [0.1, 0.15) is 0 Å². The summed E-state index contributed by atoms with van der Waals surface area (Å²) in [5.41, 5.74) is 1.42. The Hall–Kier alpha value is 0.145. The number of pyridine rings is 1. The fourth-order valence-electron chi connectivity index (χ4n) is 6.66. The van der Waals surface area contributed by atoms with Gasteiger partial charge in [-0.15, -0.1) is 0 Å². The zero-order chi connectivity index (χ0) is 53.1. The lowest BCUT2D eigenvalue weighted by atomic mass is 10.2. The molecule has 0 unspecified atom stereocenters. The Morgan fingerprint density at radius 3 is 1.09 bits per heavy atom. The quantitative estimate of drug-likeness (QED) is 0.0613. The zero-order valence-corrected chi connectivity index (χ0v) is 57.2. The van der Waals surface area contributed by atoms with Crippen molar-refractivity contribution >= 4 is 80.7 Å². The van der Waals surface area contributed by atoms with Gasteiger partial charge in [-0.25, -0.2) is 0 Å². The normalized spacial score (nSPS) is 13.1. The predicted molar refractivity (Wildman–Crippen MR) is 321 cm³/mol. The van der Waals surface area contributed by atoms with Gasteiger partial charge in [-0.05, 0) is 81.0 Å². The Bertz CT molecular complexity index is 1410. The molecule has 0 radical (unpaired) electrons. The fraction of sp³-hybridized carbons (Fsp3) is 0.875. The maximum atomic E-state index is 10.3. The summed E-state index contributed by atoms with van der Waals surface area (Å²) in [5.74, 6) is -0.755. The first-order chi connectivity index (χ1) is 29.1. The summed E-state index contributed by atoms with van der Waals surface area (Å²) in [6.07, 6.45) is 12.7. The summed E-state index contributed by atoms with van der Waals surface area (Å²) in [6.45, 7) is 60.9. The highest BCUT2D eigenvalue weighted by Crippen LogP contribution is 2.17. The summed E-state index contributed by atoms with van der Waals surface area (Å²) in [7, 11) is -11.4. The number of aryl methyl sites for hydroxylation is 1. The number of carbonyl (C=O) groups is 1. The van der Waals surface area contributed by atoms with Gasteiger partial charge in [0.05, 0.1) is 36.6 Å². The van der Waals surface area contributed by atoms with E-state index >= 15 is 0 Å². The van der Waals surface area contributed by atoms with Crippen LogP contribution in [0.25, 0.3) is 0 Å². The van der Waals surface area contributed by atoms with Crippen molar-refractivity contribution in [3.63, 3.8) is 0 Å². The molecule has 396 valence electrons. The molecule has 0 bridgehead atoms. The topological polar surface area (TPSA) is 131 Å². The molecule has 0 aliphatic carbocycles. The molecule has 0 aromatic carbocycles. The molecule has 18 heteroatoms. The van der Waals surface area contributed by atoms with Crippen molar-refractivity contribution < 1.29 is 28.0 Å². The second kappa shape index (κ2) is 33.7. The van der Waals surface area contributed by atoms with Crippen LogP contribution in [0.2, 0.25) is 187 Å². The van der Waals surface area contributed by atoms with Crippen LogP contribution in [0.15, 0.2) is 24.5 Å². The van der Waals surface area contributed by atoms with E-state index in [1.165, 1.54) is 74.6 Å². The minimum absolute atomic E-state index is 0.0860. The summed E-state index contributed by atoms with van der Waals surface area (Å²) in [5, 5.41) is 17.4. The van der Waals surface area contributed by atoms with E-state index in [2.05, 4.69) is 184 Å². The van der Waals surface area contributed by atoms with E-state index in [9.17, 15) is 13.2 Å². The smallest absolute Gasteiger partial charge is 0.303 e. The summed E-state index contributed by atoms with van der Waals surface area (Å²) in [6, 6.07) is 10.2. The van der Waals surface area contributed by atoms with Gasteiger partial charge >= 0.3 is 5.97 Å². The van der Waals surface area contributed by atoms with Crippen molar-refractivity contribution in [1.29, 1.82) is 0 Å². The molecule has 0 aliphatic rings. The highest BCUT2D eigenvalue weighted by molar-refractivity contribution is 7.85. The van der Waals surface area contributed by atoms with E-state index in [1.54, 1.807) is 0 Å². The minimum Gasteiger partial charge on any atom is -0.481 e. The lowest BCUT2D eigenvalue weighted by Gasteiger charge is -2.36. The van der Waals surface area contributed by atoms with Crippen LogP contribution in [0.3, 0.4) is 0 Å². The molecule has 0 fully saturated rings. The van der Waals surface area contributed by atoms with Gasteiger partial charge in [0, 0.05) is 65.7 Å². The molecule has 1 heterocycles. The maximum Gasteiger partial charge on any atom is 0.303 e. The molecule has 0 aliphatic heterocycles. The second-order valence-corrected chi connectivity index (χ2v) is 74.5. The van der Waals surface area contributed by atoms with Crippen LogP contribution in [0.1, 0.15) is 31.2 Å². The molecule has 66 heavy (non-hydrogen) atoms. The summed E-state index contributed by atoms with van der Waals surface area (Å²) in [4.78, 5) is 19.3. The number of carboxylic acid groups (broad SMARTS) is 1. The Morgan fingerprint density at radius 2 is 0.833 bits per heavy atom. The average molecular weight is 1090 g/mol. The van der Waals surface area contributed by atoms with Crippen molar-refractivity contribution in [1.82, 2.24) is 14.8 Å². The predicted octanol–water partition coefficient (Wildman–Crippen LogP) is 14.0. The van der Waals surface area contributed by atoms with Crippen LogP contribution in [-0.2, 0) is 21.3 Å². The van der Waals surface area contributed by atoms with E-state index in [0.717, 1.165) is 18.6 Å². The standard InChI is InChI=1S/C14H35NOSi2.C12H33NSi3.C10H17NSi.C6H16O3SSi.C6H14O2Si/c1-17(2,3)13-7-9-15(11-12-16)10-8-14-18(4,5)6;1-14(2,3)10-13(11-15(4,5)6)12-16(7,8)9;1-12(2,3)9-6-10-4-7-11-8-5-10;1-11(2,3)6-4-5-10(7,8)9;1-9(2,3)5-4-6(7)8/h16H,7-14H2,1-6H3;10-12H2,1-9H3;4-5,7-8H,6,9H2,1-3H3;4-6H2,1-3H3,(H,7,8,9);4-5H2,1-3H3,(H,7,8). The third-order valence-corrected chi connectivity index (χ3v) is 23.7. The minimum atomic E-state index is -3.72. The van der Waals surface area contributed by atoms with Gasteiger partial charge in [0.2, 0.25) is 0 Å². The van der Waals surface area contributed by atoms with Crippen molar-refractivity contribution in [2.24, 2.45) is 0 Å². The Labute approximate surface area is 420 Å². The first-order valence-electron chi connectivity index (χ1n) is 25.2. The van der Waals surface area contributed by atoms with Crippen molar-refractivity contribution in [3.05, 3.63) is 30.1 Å². The fourth-order valence-corrected chi connectivity index (χ4v) is 18.5. The molecule has 0 amide bonds. The SMILES string of the molecule is C[Si](C)(C)CCC(=O)O.C[Si](C)(C)CCCN(CCO)CCC[Si](C)(C)C.C[Si](C)(C)CCCS(=O)(=O)O.C[Si](C)(C)CCc1ccncc1.C[Si](C)(C)CN(C[Si](C)(C)C)C[Si](C)(C)C. The largest absolute Gasteiger partial charge is 0.481 e. The third kappa shape index (κ3) is 70.7. The number of rotatable bonds is 26. The van der Waals surface area contributed by atoms with E-state index in [0.29, 0.717) is 19.4 Å². The molecule has 0 saturated heterocycles. The van der Waals surface area contributed by atoms with Crippen molar-refractivity contribution in [3.8, 4) is 0 Å². The van der Waals surface area contributed by atoms with Crippen LogP contribution < -0.4 is 0 Å². The molecule has 1 aromatic rings. The van der Waals surface area contributed by atoms with Crippen molar-refractivity contribution in [2.75, 3.05) is 50.5 Å². The maximum absolute atomic E-state index is 10.3. The first kappa shape index (κ1) is 72.7. The molecule has 0 atom stereocenters. The molecule has 0 saturated carbocycles. The average Bonchev–Trinajstić information content (AvgIpc) is 3.03. The number of aliphatic carboxylic acids is 1. The lowest BCUT2D eigenvalue weighted by molar-refractivity contribution is -0.136. The van der Waals surface area contributed by atoms with Crippen molar-refractivity contribution in [2.45, 2.75) is 219 Å². The number of nitrogens with zero attached hydrogens (tertiary/aromatic N) is 3. The Kier molecular flexibility index (Phi) is 37.1. The van der Waals surface area contributed by atoms with Gasteiger partial charge in [-0.3, -0.25) is 14.3 Å². The zero-order valence-electron chi connectivity index (χ0n) is 48.4. The molecular formula is C48H115N3O6SSi8. The number of carboxylic acids is 1. The third-order valence-electron chi connectivity index (χ3n) is 9.64. The van der Waals surface area contributed by atoms with Crippen LogP contribution in [0, 0.1) is 0 Å². The van der Waals surface area contributed by atoms with E-state index in [1.807, 2.05) is 12.4 Å². The van der Waals surface area contributed by atoms with E-state index in [-0.39, 0.29) is 5.75 Å². The number of aliphatic hydroxyl groups is 1. The van der Waals surface area contributed by atoms with Crippen LogP contribution in [-0.4, -0.2) is 159 Å². The van der Waals surface area contributed by atoms with Gasteiger partial charge < -0.3 is 20.0 Å².